The number of carbonyl (C=O) groups excluding carboxylic acids is 2. The minimum absolute atomic E-state index is 0.0842. The predicted molar refractivity (Wildman–Crippen MR) is 116 cm³/mol. The second kappa shape index (κ2) is 8.86. The Hall–Kier alpha value is -2.55. The highest BCUT2D eigenvalue weighted by Gasteiger charge is 2.22. The van der Waals surface area contributed by atoms with Crippen LogP contribution in [-0.2, 0) is 30.8 Å². The molecule has 2 amide bonds. The number of anilines is 1. The van der Waals surface area contributed by atoms with E-state index in [9.17, 15) is 9.59 Å². The van der Waals surface area contributed by atoms with E-state index in [1.54, 1.807) is 17.4 Å². The van der Waals surface area contributed by atoms with Gasteiger partial charge in [0.05, 0.1) is 17.1 Å². The van der Waals surface area contributed by atoms with Crippen LogP contribution in [0.4, 0.5) is 5.13 Å². The van der Waals surface area contributed by atoms with E-state index in [0.29, 0.717) is 16.6 Å². The first kappa shape index (κ1) is 19.8. The lowest BCUT2D eigenvalue weighted by atomic mass is 10.1. The van der Waals surface area contributed by atoms with Gasteiger partial charge in [-0.1, -0.05) is 30.3 Å². The topological polar surface area (TPSA) is 74.3 Å². The molecule has 4 rings (SSSR count). The molecule has 6 nitrogen and oxygen atoms in total. The van der Waals surface area contributed by atoms with Crippen LogP contribution in [0.15, 0.2) is 42.5 Å². The first-order valence-corrected chi connectivity index (χ1v) is 11.1. The minimum atomic E-state index is -0.156. The summed E-state index contributed by atoms with van der Waals surface area (Å²) in [4.78, 5) is 33.4. The van der Waals surface area contributed by atoms with Gasteiger partial charge in [-0.25, -0.2) is 4.98 Å². The number of nitrogens with one attached hydrogen (secondary N) is 2. The Labute approximate surface area is 177 Å². The van der Waals surface area contributed by atoms with Crippen LogP contribution >= 0.6 is 22.7 Å². The van der Waals surface area contributed by atoms with Gasteiger partial charge in [-0.3, -0.25) is 19.8 Å². The molecule has 150 valence electrons. The van der Waals surface area contributed by atoms with Crippen LogP contribution < -0.4 is 10.6 Å². The highest BCUT2D eigenvalue weighted by atomic mass is 32.1. The lowest BCUT2D eigenvalue weighted by molar-refractivity contribution is -0.119. The minimum Gasteiger partial charge on any atom is -0.351 e. The van der Waals surface area contributed by atoms with Gasteiger partial charge in [-0.15, -0.1) is 22.7 Å². The normalized spacial score (nSPS) is 13.7. The van der Waals surface area contributed by atoms with E-state index in [1.165, 1.54) is 28.7 Å². The second-order valence-electron chi connectivity index (χ2n) is 6.96. The van der Waals surface area contributed by atoms with Crippen molar-refractivity contribution >= 4 is 39.6 Å². The fraction of sp³-hybridized carbons (Fsp3) is 0.286. The van der Waals surface area contributed by atoms with Crippen molar-refractivity contribution in [3.63, 3.8) is 0 Å². The van der Waals surface area contributed by atoms with E-state index in [2.05, 4.69) is 44.8 Å². The SMILES string of the molecule is CC(=O)NCc1ccc(C(=O)Nc2nc3c(s2)CN(Cc2ccccc2)CC3)s1. The average molecular weight is 427 g/mol. The molecule has 1 aromatic carbocycles. The van der Waals surface area contributed by atoms with Crippen molar-refractivity contribution in [2.24, 2.45) is 0 Å². The largest absolute Gasteiger partial charge is 0.351 e. The summed E-state index contributed by atoms with van der Waals surface area (Å²) >= 11 is 2.94. The fourth-order valence-corrected chi connectivity index (χ4v) is 5.13. The Balaban J connectivity index is 1.36. The number of hydrogen-bond acceptors (Lipinski definition) is 6. The number of hydrogen-bond donors (Lipinski definition) is 2. The summed E-state index contributed by atoms with van der Waals surface area (Å²) in [6, 6.07) is 14.1. The van der Waals surface area contributed by atoms with E-state index in [-0.39, 0.29) is 11.8 Å². The van der Waals surface area contributed by atoms with Crippen LogP contribution in [0.2, 0.25) is 0 Å². The highest BCUT2D eigenvalue weighted by Crippen LogP contribution is 2.29. The molecule has 29 heavy (non-hydrogen) atoms. The Morgan fingerprint density at radius 1 is 1.14 bits per heavy atom. The van der Waals surface area contributed by atoms with Crippen molar-refractivity contribution in [2.75, 3.05) is 11.9 Å². The van der Waals surface area contributed by atoms with Gasteiger partial charge in [0.15, 0.2) is 5.13 Å². The van der Waals surface area contributed by atoms with E-state index < -0.39 is 0 Å². The maximum absolute atomic E-state index is 12.6. The van der Waals surface area contributed by atoms with Crippen molar-refractivity contribution in [3.8, 4) is 0 Å². The molecule has 0 spiro atoms. The Morgan fingerprint density at radius 3 is 2.76 bits per heavy atom. The lowest BCUT2D eigenvalue weighted by Crippen LogP contribution is -2.29. The summed E-state index contributed by atoms with van der Waals surface area (Å²) in [5.74, 6) is -0.240. The quantitative estimate of drug-likeness (QED) is 0.631. The van der Waals surface area contributed by atoms with E-state index in [0.717, 1.165) is 36.6 Å². The van der Waals surface area contributed by atoms with Crippen molar-refractivity contribution in [2.45, 2.75) is 33.0 Å². The van der Waals surface area contributed by atoms with Crippen LogP contribution in [0, 0.1) is 0 Å². The third kappa shape index (κ3) is 5.09. The fourth-order valence-electron chi connectivity index (χ4n) is 3.24. The van der Waals surface area contributed by atoms with Gasteiger partial charge in [0.25, 0.3) is 5.91 Å². The number of aromatic nitrogens is 1. The zero-order valence-corrected chi connectivity index (χ0v) is 17.7. The van der Waals surface area contributed by atoms with Crippen LogP contribution in [0.1, 0.15) is 37.6 Å². The Morgan fingerprint density at radius 2 is 1.97 bits per heavy atom. The summed E-state index contributed by atoms with van der Waals surface area (Å²) in [6.45, 7) is 4.67. The highest BCUT2D eigenvalue weighted by molar-refractivity contribution is 7.16. The molecule has 0 saturated carbocycles. The maximum atomic E-state index is 12.6. The molecule has 3 heterocycles. The summed E-state index contributed by atoms with van der Waals surface area (Å²) in [6.07, 6.45) is 0.897. The van der Waals surface area contributed by atoms with Crippen LogP contribution in [0.3, 0.4) is 0 Å². The van der Waals surface area contributed by atoms with Gasteiger partial charge in [0.2, 0.25) is 5.91 Å². The molecule has 1 aliphatic heterocycles. The molecule has 8 heteroatoms. The standard InChI is InChI=1S/C21H22N4O2S2/c1-14(26)22-11-16-7-8-18(28-16)20(27)24-21-23-17-9-10-25(13-19(17)29-21)12-15-5-3-2-4-6-15/h2-8H,9-13H2,1H3,(H,22,26)(H,23,24,27). The Kier molecular flexibility index (Phi) is 6.03. The molecule has 0 saturated heterocycles. The average Bonchev–Trinajstić information content (AvgIpc) is 3.33. The zero-order valence-electron chi connectivity index (χ0n) is 16.1. The predicted octanol–water partition coefficient (Wildman–Crippen LogP) is 3.65. The van der Waals surface area contributed by atoms with Gasteiger partial charge < -0.3 is 5.32 Å². The van der Waals surface area contributed by atoms with Gasteiger partial charge in [0.1, 0.15) is 0 Å². The third-order valence-corrected chi connectivity index (χ3v) is 6.76. The molecule has 0 bridgehead atoms. The molecule has 0 radical (unpaired) electrons. The summed E-state index contributed by atoms with van der Waals surface area (Å²) in [7, 11) is 0. The van der Waals surface area contributed by atoms with Gasteiger partial charge in [-0.05, 0) is 17.7 Å². The number of carbonyl (C=O) groups is 2. The van der Waals surface area contributed by atoms with Crippen molar-refractivity contribution in [3.05, 3.63) is 68.4 Å². The number of thiazole rings is 1. The first-order valence-electron chi connectivity index (χ1n) is 9.46. The van der Waals surface area contributed by atoms with E-state index >= 15 is 0 Å². The number of amides is 2. The zero-order chi connectivity index (χ0) is 20.2. The monoisotopic (exact) mass is 426 g/mol. The van der Waals surface area contributed by atoms with Crippen molar-refractivity contribution in [1.82, 2.24) is 15.2 Å². The van der Waals surface area contributed by atoms with E-state index in [4.69, 9.17) is 0 Å². The molecule has 1 aliphatic rings. The molecule has 2 aromatic heterocycles. The first-order chi connectivity index (χ1) is 14.1. The van der Waals surface area contributed by atoms with Crippen LogP contribution in [-0.4, -0.2) is 28.2 Å². The molecule has 0 atom stereocenters. The van der Waals surface area contributed by atoms with Crippen molar-refractivity contribution in [1.29, 1.82) is 0 Å². The number of benzene rings is 1. The molecule has 0 fully saturated rings. The number of rotatable bonds is 6. The Bertz CT molecular complexity index is 1010. The second-order valence-corrected chi connectivity index (χ2v) is 9.22. The van der Waals surface area contributed by atoms with Crippen LogP contribution in [0.25, 0.3) is 0 Å². The summed E-state index contributed by atoms with van der Waals surface area (Å²) in [5.41, 5.74) is 2.40. The van der Waals surface area contributed by atoms with Crippen molar-refractivity contribution < 1.29 is 9.59 Å². The van der Waals surface area contributed by atoms with Gasteiger partial charge in [-0.2, -0.15) is 0 Å². The molecule has 0 aliphatic carbocycles. The summed E-state index contributed by atoms with van der Waals surface area (Å²) in [5, 5.41) is 6.33. The van der Waals surface area contributed by atoms with E-state index in [1.807, 2.05) is 12.1 Å². The number of thiophene rings is 1. The molecular formula is C21H22N4O2S2. The smallest absolute Gasteiger partial charge is 0.267 e. The molecule has 3 aromatic rings. The molecular weight excluding hydrogens is 404 g/mol. The molecule has 0 unspecified atom stereocenters. The van der Waals surface area contributed by atoms with Crippen LogP contribution in [0.5, 0.6) is 0 Å². The molecule has 2 N–H and O–H groups in total. The van der Waals surface area contributed by atoms with Gasteiger partial charge >= 0.3 is 0 Å². The third-order valence-electron chi connectivity index (χ3n) is 4.68. The maximum Gasteiger partial charge on any atom is 0.267 e. The lowest BCUT2D eigenvalue weighted by Gasteiger charge is -2.25. The summed E-state index contributed by atoms with van der Waals surface area (Å²) < 4.78 is 0. The number of fused-ring (bicyclic) bond motifs is 1. The number of nitrogens with zero attached hydrogens (tertiary/aromatic N) is 2. The van der Waals surface area contributed by atoms with Gasteiger partial charge in [0, 0.05) is 42.7 Å².